The molecule has 0 aromatic heterocycles. The van der Waals surface area contributed by atoms with Gasteiger partial charge >= 0.3 is 0 Å². The quantitative estimate of drug-likeness (QED) is 0.735. The summed E-state index contributed by atoms with van der Waals surface area (Å²) in [5, 5.41) is 3.51. The summed E-state index contributed by atoms with van der Waals surface area (Å²) in [4.78, 5) is 0. The van der Waals surface area contributed by atoms with Crippen LogP contribution in [0.2, 0.25) is 0 Å². The van der Waals surface area contributed by atoms with Gasteiger partial charge in [0.15, 0.2) is 0 Å². The Labute approximate surface area is 123 Å². The molecule has 0 aliphatic heterocycles. The number of nitrogens with one attached hydrogen (secondary N) is 1. The van der Waals surface area contributed by atoms with Crippen LogP contribution in [0.5, 0.6) is 0 Å². The van der Waals surface area contributed by atoms with Crippen LogP contribution in [0.3, 0.4) is 0 Å². The van der Waals surface area contributed by atoms with Crippen molar-refractivity contribution in [2.45, 2.75) is 46.0 Å². The fourth-order valence-corrected chi connectivity index (χ4v) is 2.18. The van der Waals surface area contributed by atoms with Crippen LogP contribution >= 0.6 is 0 Å². The smallest absolute Gasteiger partial charge is 0.0390 e. The Balaban J connectivity index is 2.40. The molecule has 1 heteroatoms. The average molecular weight is 267 g/mol. The molecule has 20 heavy (non-hydrogen) atoms. The molecular weight excluding hydrogens is 242 g/mol. The second-order valence-corrected chi connectivity index (χ2v) is 6.74. The maximum atomic E-state index is 3.51. The van der Waals surface area contributed by atoms with Gasteiger partial charge in [0.25, 0.3) is 0 Å². The molecular formula is C19H25N. The zero-order valence-corrected chi connectivity index (χ0v) is 13.2. The van der Waals surface area contributed by atoms with Crippen molar-refractivity contribution in [3.63, 3.8) is 0 Å². The summed E-state index contributed by atoms with van der Waals surface area (Å²) in [7, 11) is 0. The molecule has 106 valence electrons. The van der Waals surface area contributed by atoms with E-state index in [2.05, 4.69) is 82.4 Å². The molecule has 0 heterocycles. The Morgan fingerprint density at radius 1 is 0.850 bits per heavy atom. The molecule has 0 aliphatic carbocycles. The monoisotopic (exact) mass is 267 g/mol. The predicted molar refractivity (Wildman–Crippen MR) is 89.0 cm³/mol. The first-order valence-electron chi connectivity index (χ1n) is 7.34. The van der Waals surface area contributed by atoms with E-state index in [1.54, 1.807) is 0 Å². The van der Waals surface area contributed by atoms with Crippen molar-refractivity contribution in [3.8, 4) is 0 Å². The summed E-state index contributed by atoms with van der Waals surface area (Å²) < 4.78 is 0. The van der Waals surface area contributed by atoms with Gasteiger partial charge in [-0.15, -0.1) is 0 Å². The lowest BCUT2D eigenvalue weighted by atomic mass is 9.84. The molecule has 0 spiro atoms. The maximum Gasteiger partial charge on any atom is 0.0390 e. The Morgan fingerprint density at radius 3 is 2.05 bits per heavy atom. The minimum Gasteiger partial charge on any atom is -0.356 e. The second kappa shape index (κ2) is 5.70. The van der Waals surface area contributed by atoms with Crippen LogP contribution in [0.15, 0.2) is 48.5 Å². The van der Waals surface area contributed by atoms with E-state index in [-0.39, 0.29) is 5.41 Å². The van der Waals surface area contributed by atoms with E-state index in [0.717, 1.165) is 5.69 Å². The molecule has 0 unspecified atom stereocenters. The number of rotatable bonds is 3. The van der Waals surface area contributed by atoms with E-state index in [1.807, 2.05) is 6.07 Å². The largest absolute Gasteiger partial charge is 0.356 e. The third-order valence-corrected chi connectivity index (χ3v) is 3.55. The molecule has 0 atom stereocenters. The highest BCUT2D eigenvalue weighted by Crippen LogP contribution is 2.30. The SMILES string of the molecule is CC(C)c1cc(Nc2ccccc2)cc(C(C)(C)C)c1. The topological polar surface area (TPSA) is 12.0 Å². The molecule has 1 nitrogen and oxygen atoms in total. The summed E-state index contributed by atoms with van der Waals surface area (Å²) in [5.74, 6) is 0.536. The van der Waals surface area contributed by atoms with E-state index in [0.29, 0.717) is 5.92 Å². The van der Waals surface area contributed by atoms with Gasteiger partial charge in [0, 0.05) is 11.4 Å². The first-order valence-corrected chi connectivity index (χ1v) is 7.34. The third-order valence-electron chi connectivity index (χ3n) is 3.55. The van der Waals surface area contributed by atoms with Gasteiger partial charge in [-0.25, -0.2) is 0 Å². The fraction of sp³-hybridized carbons (Fsp3) is 0.368. The lowest BCUT2D eigenvalue weighted by Gasteiger charge is -2.22. The first-order chi connectivity index (χ1) is 9.36. The molecule has 0 saturated heterocycles. The van der Waals surface area contributed by atoms with E-state index in [9.17, 15) is 0 Å². The molecule has 2 aromatic rings. The Hall–Kier alpha value is -1.76. The van der Waals surface area contributed by atoms with Crippen molar-refractivity contribution in [1.29, 1.82) is 0 Å². The van der Waals surface area contributed by atoms with Crippen LogP contribution in [0.4, 0.5) is 11.4 Å². The molecule has 1 N–H and O–H groups in total. The van der Waals surface area contributed by atoms with Gasteiger partial charge in [-0.05, 0) is 46.7 Å². The Kier molecular flexibility index (Phi) is 4.17. The zero-order chi connectivity index (χ0) is 14.8. The van der Waals surface area contributed by atoms with Crippen molar-refractivity contribution in [2.24, 2.45) is 0 Å². The molecule has 0 bridgehead atoms. The number of para-hydroxylation sites is 1. The summed E-state index contributed by atoms with van der Waals surface area (Å²) in [6.07, 6.45) is 0. The van der Waals surface area contributed by atoms with Crippen molar-refractivity contribution < 1.29 is 0 Å². The van der Waals surface area contributed by atoms with E-state index >= 15 is 0 Å². The Morgan fingerprint density at radius 2 is 1.50 bits per heavy atom. The van der Waals surface area contributed by atoms with E-state index in [4.69, 9.17) is 0 Å². The highest BCUT2D eigenvalue weighted by molar-refractivity contribution is 5.62. The zero-order valence-electron chi connectivity index (χ0n) is 13.2. The van der Waals surface area contributed by atoms with Gasteiger partial charge in [-0.2, -0.15) is 0 Å². The van der Waals surface area contributed by atoms with Crippen LogP contribution in [0.1, 0.15) is 51.7 Å². The van der Waals surface area contributed by atoms with Crippen LogP contribution in [-0.2, 0) is 5.41 Å². The number of anilines is 2. The molecule has 0 aliphatic rings. The van der Waals surface area contributed by atoms with Crippen molar-refractivity contribution in [2.75, 3.05) is 5.32 Å². The second-order valence-electron chi connectivity index (χ2n) is 6.74. The van der Waals surface area contributed by atoms with Gasteiger partial charge in [0.2, 0.25) is 0 Å². The summed E-state index contributed by atoms with van der Waals surface area (Å²) in [5.41, 5.74) is 5.23. The fourth-order valence-electron chi connectivity index (χ4n) is 2.18. The summed E-state index contributed by atoms with van der Waals surface area (Å²) >= 11 is 0. The average Bonchev–Trinajstić information content (AvgIpc) is 2.38. The van der Waals surface area contributed by atoms with Crippen molar-refractivity contribution in [3.05, 3.63) is 59.7 Å². The standard InChI is InChI=1S/C19H25N/c1-14(2)15-11-16(19(3,4)5)13-18(12-15)20-17-9-7-6-8-10-17/h6-14,20H,1-5H3. The van der Waals surface area contributed by atoms with Crippen LogP contribution in [-0.4, -0.2) is 0 Å². The highest BCUT2D eigenvalue weighted by atomic mass is 14.9. The van der Waals surface area contributed by atoms with Gasteiger partial charge < -0.3 is 5.32 Å². The normalized spacial score (nSPS) is 11.7. The summed E-state index contributed by atoms with van der Waals surface area (Å²) in [6, 6.07) is 17.2. The third kappa shape index (κ3) is 3.63. The minimum absolute atomic E-state index is 0.165. The lowest BCUT2D eigenvalue weighted by molar-refractivity contribution is 0.589. The minimum atomic E-state index is 0.165. The maximum absolute atomic E-state index is 3.51. The van der Waals surface area contributed by atoms with Gasteiger partial charge in [-0.3, -0.25) is 0 Å². The van der Waals surface area contributed by atoms with Gasteiger partial charge in [0.05, 0.1) is 0 Å². The molecule has 2 rings (SSSR count). The molecule has 0 amide bonds. The van der Waals surface area contributed by atoms with E-state index in [1.165, 1.54) is 16.8 Å². The molecule has 0 fully saturated rings. The van der Waals surface area contributed by atoms with Crippen LogP contribution in [0, 0.1) is 0 Å². The van der Waals surface area contributed by atoms with Crippen molar-refractivity contribution >= 4 is 11.4 Å². The molecule has 0 saturated carbocycles. The van der Waals surface area contributed by atoms with Crippen LogP contribution < -0.4 is 5.32 Å². The Bertz CT molecular complexity index is 562. The number of hydrogen-bond donors (Lipinski definition) is 1. The van der Waals surface area contributed by atoms with Crippen molar-refractivity contribution in [1.82, 2.24) is 0 Å². The lowest BCUT2D eigenvalue weighted by Crippen LogP contribution is -2.12. The molecule has 0 radical (unpaired) electrons. The van der Waals surface area contributed by atoms with Gasteiger partial charge in [-0.1, -0.05) is 58.9 Å². The van der Waals surface area contributed by atoms with Gasteiger partial charge in [0.1, 0.15) is 0 Å². The highest BCUT2D eigenvalue weighted by Gasteiger charge is 2.16. The van der Waals surface area contributed by atoms with E-state index < -0.39 is 0 Å². The van der Waals surface area contributed by atoms with Crippen LogP contribution in [0.25, 0.3) is 0 Å². The first kappa shape index (κ1) is 14.6. The number of benzene rings is 2. The summed E-state index contributed by atoms with van der Waals surface area (Å²) in [6.45, 7) is 11.3. The number of hydrogen-bond acceptors (Lipinski definition) is 1. The predicted octanol–water partition coefficient (Wildman–Crippen LogP) is 5.85. The molecule has 2 aromatic carbocycles.